The number of alkyl halides is 3. The molecule has 0 aliphatic rings. The van der Waals surface area contributed by atoms with Crippen LogP contribution in [0.4, 0.5) is 13.2 Å². The molecule has 0 bridgehead atoms. The average Bonchev–Trinajstić information content (AvgIpc) is 3.00. The smallest absolute Gasteiger partial charge is 0.435 e. The minimum Gasteiger partial charge on any atom is -0.496 e. The summed E-state index contributed by atoms with van der Waals surface area (Å²) in [5.41, 5.74) is 1.33. The Balaban J connectivity index is 1.90. The van der Waals surface area contributed by atoms with E-state index in [0.29, 0.717) is 12.5 Å². The fourth-order valence-electron chi connectivity index (χ4n) is 2.65. The molecule has 2 aromatic rings. The molecule has 148 valence electrons. The number of halogens is 3. The first-order chi connectivity index (χ1) is 12.7. The Morgan fingerprint density at radius 1 is 1.30 bits per heavy atom. The molecule has 0 fully saturated rings. The number of rotatable bonds is 6. The van der Waals surface area contributed by atoms with Gasteiger partial charge in [-0.3, -0.25) is 9.67 Å². The molecule has 2 N–H and O–H groups in total. The summed E-state index contributed by atoms with van der Waals surface area (Å²) in [5, 5.41) is 9.48. The van der Waals surface area contributed by atoms with Gasteiger partial charge in [-0.2, -0.15) is 18.3 Å². The Bertz CT molecular complexity index is 799. The van der Waals surface area contributed by atoms with E-state index in [9.17, 15) is 13.2 Å². The number of guanidine groups is 1. The van der Waals surface area contributed by atoms with Crippen LogP contribution in [0.25, 0.3) is 0 Å². The van der Waals surface area contributed by atoms with Gasteiger partial charge in [0, 0.05) is 38.9 Å². The number of hydrogen-bond donors (Lipinski definition) is 2. The molecular formula is C18H24F3N5O. The lowest BCUT2D eigenvalue weighted by atomic mass is 10.1. The van der Waals surface area contributed by atoms with Crippen molar-refractivity contribution in [1.29, 1.82) is 0 Å². The largest absolute Gasteiger partial charge is 0.496 e. The maximum absolute atomic E-state index is 13.0. The van der Waals surface area contributed by atoms with E-state index >= 15 is 0 Å². The Labute approximate surface area is 156 Å². The molecule has 0 atom stereocenters. The van der Waals surface area contributed by atoms with Gasteiger partial charge in [0.2, 0.25) is 0 Å². The number of ether oxygens (including phenoxy) is 1. The predicted molar refractivity (Wildman–Crippen MR) is 97.8 cm³/mol. The first-order valence-electron chi connectivity index (χ1n) is 8.42. The van der Waals surface area contributed by atoms with Crippen LogP contribution in [0.3, 0.4) is 0 Å². The molecule has 1 aromatic carbocycles. The van der Waals surface area contributed by atoms with Crippen LogP contribution >= 0.6 is 0 Å². The van der Waals surface area contributed by atoms with Crippen molar-refractivity contribution in [3.05, 3.63) is 46.8 Å². The van der Waals surface area contributed by atoms with Crippen molar-refractivity contribution in [3.63, 3.8) is 0 Å². The van der Waals surface area contributed by atoms with Crippen LogP contribution in [0, 0.1) is 6.92 Å². The zero-order valence-electron chi connectivity index (χ0n) is 15.8. The molecule has 1 aromatic heterocycles. The second kappa shape index (κ2) is 8.79. The van der Waals surface area contributed by atoms with Crippen LogP contribution in [0.5, 0.6) is 5.75 Å². The van der Waals surface area contributed by atoms with Gasteiger partial charge in [-0.15, -0.1) is 0 Å². The third-order valence-electron chi connectivity index (χ3n) is 4.02. The number of aromatic nitrogens is 2. The minimum atomic E-state index is -4.49. The van der Waals surface area contributed by atoms with E-state index in [1.165, 1.54) is 13.2 Å². The van der Waals surface area contributed by atoms with Gasteiger partial charge in [0.05, 0.1) is 7.11 Å². The molecule has 0 spiro atoms. The highest BCUT2D eigenvalue weighted by Gasteiger charge is 2.36. The van der Waals surface area contributed by atoms with Crippen molar-refractivity contribution in [3.8, 4) is 5.75 Å². The average molecular weight is 383 g/mol. The normalized spacial score (nSPS) is 12.2. The highest BCUT2D eigenvalue weighted by Crippen LogP contribution is 2.30. The van der Waals surface area contributed by atoms with Crippen molar-refractivity contribution in [1.82, 2.24) is 20.4 Å². The van der Waals surface area contributed by atoms with Gasteiger partial charge in [0.1, 0.15) is 5.75 Å². The lowest BCUT2D eigenvalue weighted by molar-refractivity contribution is -0.142. The number of hydrogen-bond acceptors (Lipinski definition) is 3. The lowest BCUT2D eigenvalue weighted by Crippen LogP contribution is -2.38. The van der Waals surface area contributed by atoms with Gasteiger partial charge in [-0.05, 0) is 30.5 Å². The fraction of sp³-hybridized carbons (Fsp3) is 0.444. The van der Waals surface area contributed by atoms with Crippen LogP contribution < -0.4 is 15.4 Å². The van der Waals surface area contributed by atoms with Crippen molar-refractivity contribution >= 4 is 5.96 Å². The molecule has 6 nitrogen and oxygen atoms in total. The Morgan fingerprint density at radius 2 is 2.04 bits per heavy atom. The van der Waals surface area contributed by atoms with E-state index in [-0.39, 0.29) is 12.1 Å². The monoisotopic (exact) mass is 383 g/mol. The second-order valence-corrected chi connectivity index (χ2v) is 6.08. The Kier molecular flexibility index (Phi) is 6.70. The zero-order chi connectivity index (χ0) is 20.0. The van der Waals surface area contributed by atoms with Crippen molar-refractivity contribution in [2.45, 2.75) is 26.1 Å². The minimum absolute atomic E-state index is 0.0271. The SMILES string of the molecule is CN=C(NCCc1ccc(C)c(OC)c1)NCc1cn(C)nc1C(F)(F)F. The predicted octanol–water partition coefficient (Wildman–Crippen LogP) is 2.66. The molecule has 0 radical (unpaired) electrons. The molecule has 0 aliphatic carbocycles. The molecule has 0 unspecified atom stereocenters. The maximum Gasteiger partial charge on any atom is 0.435 e. The highest BCUT2D eigenvalue weighted by molar-refractivity contribution is 5.79. The number of methoxy groups -OCH3 is 1. The first-order valence-corrected chi connectivity index (χ1v) is 8.42. The number of aryl methyl sites for hydroxylation is 2. The van der Waals surface area contributed by atoms with E-state index in [4.69, 9.17) is 4.74 Å². The first kappa shape index (κ1) is 20.6. The fourth-order valence-corrected chi connectivity index (χ4v) is 2.65. The van der Waals surface area contributed by atoms with Crippen LogP contribution in [0.1, 0.15) is 22.4 Å². The number of aliphatic imine (C=N–C) groups is 1. The Hall–Kier alpha value is -2.71. The van der Waals surface area contributed by atoms with E-state index in [2.05, 4.69) is 20.7 Å². The van der Waals surface area contributed by atoms with Crippen LogP contribution in [-0.2, 0) is 26.2 Å². The molecular weight excluding hydrogens is 359 g/mol. The molecule has 0 saturated carbocycles. The quantitative estimate of drug-likeness (QED) is 0.595. The molecule has 0 aliphatic heterocycles. The summed E-state index contributed by atoms with van der Waals surface area (Å²) in [6.45, 7) is 2.52. The van der Waals surface area contributed by atoms with Crippen molar-refractivity contribution in [2.75, 3.05) is 20.7 Å². The number of nitrogens with zero attached hydrogens (tertiary/aromatic N) is 3. The summed E-state index contributed by atoms with van der Waals surface area (Å²) >= 11 is 0. The molecule has 0 amide bonds. The molecule has 27 heavy (non-hydrogen) atoms. The number of nitrogens with one attached hydrogen (secondary N) is 2. The lowest BCUT2D eigenvalue weighted by Gasteiger charge is -2.13. The van der Waals surface area contributed by atoms with Crippen LogP contribution in [-0.4, -0.2) is 36.4 Å². The van der Waals surface area contributed by atoms with Gasteiger partial charge in [0.25, 0.3) is 0 Å². The van der Waals surface area contributed by atoms with Crippen molar-refractivity contribution in [2.24, 2.45) is 12.0 Å². The summed E-state index contributed by atoms with van der Waals surface area (Å²) < 4.78 is 45.4. The maximum atomic E-state index is 13.0. The standard InChI is InChI=1S/C18H24F3N5O/c1-12-5-6-13(9-15(12)27-4)7-8-23-17(22-2)24-10-14-11-26(3)25-16(14)18(19,20)21/h5-6,9,11H,7-8,10H2,1-4H3,(H2,22,23,24). The van der Waals surface area contributed by atoms with E-state index in [0.717, 1.165) is 28.0 Å². The van der Waals surface area contributed by atoms with E-state index in [1.807, 2.05) is 25.1 Å². The molecule has 9 heteroatoms. The van der Waals surface area contributed by atoms with E-state index < -0.39 is 11.9 Å². The third-order valence-corrected chi connectivity index (χ3v) is 4.02. The van der Waals surface area contributed by atoms with Gasteiger partial charge < -0.3 is 15.4 Å². The topological polar surface area (TPSA) is 63.5 Å². The summed E-state index contributed by atoms with van der Waals surface area (Å²) in [6.07, 6.45) is -2.42. The number of benzene rings is 1. The van der Waals surface area contributed by atoms with Gasteiger partial charge in [0.15, 0.2) is 11.7 Å². The summed E-state index contributed by atoms with van der Waals surface area (Å²) in [7, 11) is 4.66. The summed E-state index contributed by atoms with van der Waals surface area (Å²) in [6, 6.07) is 5.97. The van der Waals surface area contributed by atoms with Crippen LogP contribution in [0.2, 0.25) is 0 Å². The molecule has 2 rings (SSSR count). The molecule has 0 saturated heterocycles. The second-order valence-electron chi connectivity index (χ2n) is 6.08. The van der Waals surface area contributed by atoms with Gasteiger partial charge in [-0.1, -0.05) is 12.1 Å². The third kappa shape index (κ3) is 5.63. The zero-order valence-corrected chi connectivity index (χ0v) is 15.8. The Morgan fingerprint density at radius 3 is 2.67 bits per heavy atom. The van der Waals surface area contributed by atoms with Crippen molar-refractivity contribution < 1.29 is 17.9 Å². The van der Waals surface area contributed by atoms with Gasteiger partial charge >= 0.3 is 6.18 Å². The van der Waals surface area contributed by atoms with Crippen LogP contribution in [0.15, 0.2) is 29.4 Å². The van der Waals surface area contributed by atoms with E-state index in [1.54, 1.807) is 14.2 Å². The molecule has 1 heterocycles. The highest BCUT2D eigenvalue weighted by atomic mass is 19.4. The summed E-state index contributed by atoms with van der Waals surface area (Å²) in [4.78, 5) is 4.04. The summed E-state index contributed by atoms with van der Waals surface area (Å²) in [5.74, 6) is 1.25. The van der Waals surface area contributed by atoms with Gasteiger partial charge in [-0.25, -0.2) is 0 Å².